The van der Waals surface area contributed by atoms with E-state index in [0.29, 0.717) is 15.7 Å². The molecule has 1 saturated heterocycles. The molecule has 4 rings (SSSR count). The van der Waals surface area contributed by atoms with Crippen LogP contribution in [0.4, 0.5) is 5.69 Å². The summed E-state index contributed by atoms with van der Waals surface area (Å²) in [4.78, 5) is 36.1. The van der Waals surface area contributed by atoms with Crippen molar-refractivity contribution in [1.29, 1.82) is 0 Å². The van der Waals surface area contributed by atoms with Crippen LogP contribution in [0.1, 0.15) is 24.4 Å². The van der Waals surface area contributed by atoms with Crippen molar-refractivity contribution in [1.82, 2.24) is 20.1 Å². The number of hydrogen-bond donors (Lipinski definition) is 1. The van der Waals surface area contributed by atoms with Crippen LogP contribution >= 0.6 is 23.2 Å². The number of likely N-dealkylation sites (tertiary alicyclic amines) is 1. The lowest BCUT2D eigenvalue weighted by molar-refractivity contribution is -0.131. The average molecular weight is 555 g/mol. The molecule has 9 heteroatoms. The summed E-state index contributed by atoms with van der Waals surface area (Å²) < 4.78 is 0. The Morgan fingerprint density at radius 2 is 1.74 bits per heavy atom. The van der Waals surface area contributed by atoms with Gasteiger partial charge in [0.05, 0.1) is 29.2 Å². The van der Waals surface area contributed by atoms with E-state index in [0.717, 1.165) is 36.3 Å². The largest absolute Gasteiger partial charge is 0.358 e. The van der Waals surface area contributed by atoms with Gasteiger partial charge in [0, 0.05) is 38.7 Å². The summed E-state index contributed by atoms with van der Waals surface area (Å²) in [7, 11) is 3.41. The van der Waals surface area contributed by atoms with E-state index < -0.39 is 0 Å². The van der Waals surface area contributed by atoms with Gasteiger partial charge in [0.15, 0.2) is 0 Å². The fourth-order valence-corrected chi connectivity index (χ4v) is 5.01. The lowest BCUT2D eigenvalue weighted by Gasteiger charge is -2.34. The summed E-state index contributed by atoms with van der Waals surface area (Å²) in [5.74, 6) is -0.299. The van der Waals surface area contributed by atoms with Gasteiger partial charge < -0.3 is 20.0 Å². The second-order valence-corrected chi connectivity index (χ2v) is 10.3. The van der Waals surface area contributed by atoms with E-state index in [-0.39, 0.29) is 30.9 Å². The summed E-state index contributed by atoms with van der Waals surface area (Å²) in [6.07, 6.45) is 5.94. The normalized spacial score (nSPS) is 14.2. The summed E-state index contributed by atoms with van der Waals surface area (Å²) in [5.41, 5.74) is 3.84. The van der Waals surface area contributed by atoms with Crippen LogP contribution in [-0.4, -0.2) is 73.4 Å². The quantitative estimate of drug-likeness (QED) is 0.386. The first-order valence-electron chi connectivity index (χ1n) is 12.7. The molecule has 200 valence electrons. The number of likely N-dealkylation sites (N-methyl/N-ethyl adjacent to an activating group) is 2. The molecule has 0 bridgehead atoms. The Morgan fingerprint density at radius 3 is 2.37 bits per heavy atom. The third-order valence-corrected chi connectivity index (χ3v) is 7.73. The number of hydrogen-bond acceptors (Lipinski definition) is 5. The molecule has 0 aliphatic carbocycles. The number of carbonyl (C=O) groups is 2. The van der Waals surface area contributed by atoms with Gasteiger partial charge in [0.2, 0.25) is 11.8 Å². The minimum atomic E-state index is -0.203. The number of nitrogens with one attached hydrogen (secondary N) is 1. The van der Waals surface area contributed by atoms with Crippen molar-refractivity contribution in [2.75, 3.05) is 51.7 Å². The third-order valence-electron chi connectivity index (χ3n) is 6.99. The molecular weight excluding hydrogens is 521 g/mol. The summed E-state index contributed by atoms with van der Waals surface area (Å²) in [6, 6.07) is 17.3. The van der Waals surface area contributed by atoms with E-state index in [1.807, 2.05) is 25.4 Å². The maximum absolute atomic E-state index is 13.7. The van der Waals surface area contributed by atoms with Gasteiger partial charge in [0.25, 0.3) is 0 Å². The molecule has 0 saturated carbocycles. The van der Waals surface area contributed by atoms with Gasteiger partial charge >= 0.3 is 0 Å². The zero-order valence-electron chi connectivity index (χ0n) is 21.7. The highest BCUT2D eigenvalue weighted by Gasteiger charge is 2.27. The maximum atomic E-state index is 13.7. The molecule has 1 aliphatic heterocycles. The Hall–Kier alpha value is -3.13. The summed E-state index contributed by atoms with van der Waals surface area (Å²) >= 11 is 12.3. The molecule has 3 aromatic rings. The highest BCUT2D eigenvalue weighted by Crippen LogP contribution is 2.29. The van der Waals surface area contributed by atoms with Gasteiger partial charge in [-0.25, -0.2) is 0 Å². The smallest absolute Gasteiger partial charge is 0.242 e. The number of benzene rings is 2. The van der Waals surface area contributed by atoms with Gasteiger partial charge in [-0.3, -0.25) is 14.6 Å². The first-order chi connectivity index (χ1) is 18.4. The Labute approximate surface area is 234 Å². The molecule has 1 aliphatic rings. The van der Waals surface area contributed by atoms with Gasteiger partial charge in [-0.05, 0) is 66.9 Å². The molecular formula is C29H33Cl2N5O2. The molecule has 1 fully saturated rings. The molecule has 2 aromatic carbocycles. The predicted molar refractivity (Wildman–Crippen MR) is 154 cm³/mol. The van der Waals surface area contributed by atoms with E-state index in [2.05, 4.69) is 39.5 Å². The first-order valence-corrected chi connectivity index (χ1v) is 13.5. The second kappa shape index (κ2) is 13.1. The number of rotatable bonds is 10. The molecule has 0 radical (unpaired) electrons. The molecule has 1 atom stereocenters. The minimum Gasteiger partial charge on any atom is -0.358 e. The number of carbonyl (C=O) groups excluding carboxylic acids is 2. The van der Waals surface area contributed by atoms with Crippen LogP contribution < -0.4 is 10.2 Å². The second-order valence-electron chi connectivity index (χ2n) is 9.52. The number of nitrogens with zero attached hydrogens (tertiary/aromatic N) is 4. The Kier molecular flexibility index (Phi) is 9.61. The molecule has 1 aromatic heterocycles. The molecule has 38 heavy (non-hydrogen) atoms. The fraction of sp³-hybridized carbons (Fsp3) is 0.345. The van der Waals surface area contributed by atoms with Crippen molar-refractivity contribution in [3.63, 3.8) is 0 Å². The van der Waals surface area contributed by atoms with Gasteiger partial charge in [0.1, 0.15) is 0 Å². The van der Waals surface area contributed by atoms with Gasteiger partial charge in [-0.1, -0.05) is 53.5 Å². The van der Waals surface area contributed by atoms with E-state index in [1.54, 1.807) is 41.2 Å². The maximum Gasteiger partial charge on any atom is 0.242 e. The van der Waals surface area contributed by atoms with Crippen LogP contribution in [-0.2, 0) is 9.59 Å². The van der Waals surface area contributed by atoms with Gasteiger partial charge in [-0.2, -0.15) is 0 Å². The zero-order chi connectivity index (χ0) is 27.1. The molecule has 2 heterocycles. The lowest BCUT2D eigenvalue weighted by atomic mass is 10.0. The van der Waals surface area contributed by atoms with Crippen LogP contribution in [0.2, 0.25) is 10.0 Å². The Balaban J connectivity index is 1.57. The van der Waals surface area contributed by atoms with Crippen molar-refractivity contribution in [3.05, 3.63) is 82.6 Å². The van der Waals surface area contributed by atoms with E-state index in [4.69, 9.17) is 23.2 Å². The van der Waals surface area contributed by atoms with Crippen LogP contribution in [0.3, 0.4) is 0 Å². The predicted octanol–water partition coefficient (Wildman–Crippen LogP) is 4.90. The topological polar surface area (TPSA) is 68.8 Å². The number of pyridine rings is 1. The monoisotopic (exact) mass is 553 g/mol. The van der Waals surface area contributed by atoms with Crippen molar-refractivity contribution in [2.45, 2.75) is 18.9 Å². The minimum absolute atomic E-state index is 0.0185. The highest BCUT2D eigenvalue weighted by molar-refractivity contribution is 6.42. The van der Waals surface area contributed by atoms with Crippen molar-refractivity contribution >= 4 is 40.7 Å². The number of anilines is 1. The summed E-state index contributed by atoms with van der Waals surface area (Å²) in [5, 5.41) is 3.42. The average Bonchev–Trinajstić information content (AvgIpc) is 3.46. The fourth-order valence-electron chi connectivity index (χ4n) is 4.71. The number of aromatic nitrogens is 1. The van der Waals surface area contributed by atoms with E-state index >= 15 is 0 Å². The lowest BCUT2D eigenvalue weighted by Crippen LogP contribution is -2.45. The van der Waals surface area contributed by atoms with Gasteiger partial charge in [-0.15, -0.1) is 0 Å². The Bertz CT molecular complexity index is 1230. The van der Waals surface area contributed by atoms with Crippen LogP contribution in [0.5, 0.6) is 0 Å². The molecule has 7 nitrogen and oxygen atoms in total. The summed E-state index contributed by atoms with van der Waals surface area (Å²) in [6.45, 7) is 2.84. The van der Waals surface area contributed by atoms with Crippen molar-refractivity contribution in [2.24, 2.45) is 0 Å². The van der Waals surface area contributed by atoms with E-state index in [9.17, 15) is 9.59 Å². The standard InChI is InChI=1S/C29H33Cl2N5O2/c1-32-28(37)19-36(24-11-12-25(30)26(31)16-24)20-29(38)34(2)27(18-35-14-3-4-15-35)22-9-7-21(8-10-22)23-6-5-13-33-17-23/h5-13,16-17,27H,3-4,14-15,18-20H2,1-2H3,(H,32,37). The molecule has 1 N–H and O–H groups in total. The van der Waals surface area contributed by atoms with Crippen LogP contribution in [0, 0.1) is 0 Å². The van der Waals surface area contributed by atoms with Crippen LogP contribution in [0.15, 0.2) is 67.0 Å². The van der Waals surface area contributed by atoms with E-state index in [1.165, 1.54) is 12.8 Å². The zero-order valence-corrected chi connectivity index (χ0v) is 23.3. The van der Waals surface area contributed by atoms with Crippen molar-refractivity contribution in [3.8, 4) is 11.1 Å². The van der Waals surface area contributed by atoms with Crippen molar-refractivity contribution < 1.29 is 9.59 Å². The first kappa shape index (κ1) is 27.9. The highest BCUT2D eigenvalue weighted by atomic mass is 35.5. The Morgan fingerprint density at radius 1 is 1.00 bits per heavy atom. The SMILES string of the molecule is CNC(=O)CN(CC(=O)N(C)C(CN1CCCC1)c1ccc(-c2cccnc2)cc1)c1ccc(Cl)c(Cl)c1. The van der Waals surface area contributed by atoms with Crippen LogP contribution in [0.25, 0.3) is 11.1 Å². The third kappa shape index (κ3) is 7.04. The molecule has 1 unspecified atom stereocenters. The number of halogens is 2. The molecule has 0 spiro atoms. The molecule has 2 amide bonds. The number of amides is 2.